The van der Waals surface area contributed by atoms with Gasteiger partial charge in [0.2, 0.25) is 0 Å². The van der Waals surface area contributed by atoms with Gasteiger partial charge in [0.25, 0.3) is 15.9 Å². The van der Waals surface area contributed by atoms with E-state index in [1.165, 1.54) is 30.3 Å². The summed E-state index contributed by atoms with van der Waals surface area (Å²) in [5.41, 5.74) is 0.155. The minimum absolute atomic E-state index is 0.167. The van der Waals surface area contributed by atoms with Crippen LogP contribution in [-0.2, 0) is 10.0 Å². The molecule has 0 saturated carbocycles. The van der Waals surface area contributed by atoms with Gasteiger partial charge < -0.3 is 5.32 Å². The summed E-state index contributed by atoms with van der Waals surface area (Å²) < 4.78 is 41.6. The van der Waals surface area contributed by atoms with Gasteiger partial charge in [0.15, 0.2) is 0 Å². The highest BCUT2D eigenvalue weighted by molar-refractivity contribution is 7.92. The molecule has 2 N–H and O–H groups in total. The van der Waals surface area contributed by atoms with Crippen LogP contribution in [0.25, 0.3) is 0 Å². The van der Waals surface area contributed by atoms with Gasteiger partial charge in [-0.2, -0.15) is 0 Å². The van der Waals surface area contributed by atoms with Gasteiger partial charge in [0.05, 0.1) is 31.9 Å². The van der Waals surface area contributed by atoms with Gasteiger partial charge in [-0.3, -0.25) is 9.52 Å². The molecule has 0 aromatic heterocycles. The number of anilines is 2. The topological polar surface area (TPSA) is 75.3 Å². The highest BCUT2D eigenvalue weighted by Crippen LogP contribution is 2.26. The summed E-state index contributed by atoms with van der Waals surface area (Å²) in [5, 5.41) is 2.79. The van der Waals surface area contributed by atoms with Gasteiger partial charge in [-0.05, 0) is 42.5 Å². The molecule has 9 heteroatoms. The first-order valence-corrected chi connectivity index (χ1v) is 10.1. The summed E-state index contributed by atoms with van der Waals surface area (Å²) in [6.07, 6.45) is 0. The predicted molar refractivity (Wildman–Crippen MR) is 108 cm³/mol. The van der Waals surface area contributed by atoms with E-state index < -0.39 is 21.7 Å². The van der Waals surface area contributed by atoms with Crippen LogP contribution >= 0.6 is 23.2 Å². The second-order valence-electron chi connectivity index (χ2n) is 5.66. The van der Waals surface area contributed by atoms with Crippen molar-refractivity contribution < 1.29 is 17.6 Å². The van der Waals surface area contributed by atoms with Gasteiger partial charge in [-0.25, -0.2) is 12.8 Å². The highest BCUT2D eigenvalue weighted by atomic mass is 35.5. The van der Waals surface area contributed by atoms with Crippen LogP contribution < -0.4 is 10.0 Å². The molecular weight excluding hydrogens is 426 g/mol. The van der Waals surface area contributed by atoms with Crippen molar-refractivity contribution in [3.05, 3.63) is 88.2 Å². The Labute approximate surface area is 171 Å². The Balaban J connectivity index is 1.83. The molecule has 0 aliphatic heterocycles. The molecule has 0 aliphatic rings. The largest absolute Gasteiger partial charge is 0.319 e. The number of benzene rings is 3. The quantitative estimate of drug-likeness (QED) is 0.575. The number of sulfonamides is 1. The first-order chi connectivity index (χ1) is 13.3. The summed E-state index contributed by atoms with van der Waals surface area (Å²) in [4.78, 5) is 11.9. The zero-order chi connectivity index (χ0) is 20.3. The number of halogens is 3. The molecule has 0 heterocycles. The van der Waals surface area contributed by atoms with E-state index in [1.807, 2.05) is 0 Å². The average molecular weight is 439 g/mol. The smallest absolute Gasteiger partial charge is 0.262 e. The lowest BCUT2D eigenvalue weighted by Gasteiger charge is -2.11. The number of carbonyl (C=O) groups is 1. The van der Waals surface area contributed by atoms with Crippen molar-refractivity contribution in [1.82, 2.24) is 0 Å². The van der Waals surface area contributed by atoms with Crippen molar-refractivity contribution in [3.8, 4) is 0 Å². The summed E-state index contributed by atoms with van der Waals surface area (Å²) >= 11 is 11.9. The van der Waals surface area contributed by atoms with Crippen LogP contribution in [0.5, 0.6) is 0 Å². The Morgan fingerprint density at radius 1 is 0.857 bits per heavy atom. The van der Waals surface area contributed by atoms with Crippen molar-refractivity contribution in [2.24, 2.45) is 0 Å². The molecular formula is C19H13Cl2FN2O3S. The monoisotopic (exact) mass is 438 g/mol. The second kappa shape index (κ2) is 8.18. The van der Waals surface area contributed by atoms with E-state index in [2.05, 4.69) is 10.0 Å². The third-order valence-electron chi connectivity index (χ3n) is 3.74. The van der Waals surface area contributed by atoms with Gasteiger partial charge in [0.1, 0.15) is 5.82 Å². The van der Waals surface area contributed by atoms with Crippen LogP contribution in [0.4, 0.5) is 15.8 Å². The maximum atomic E-state index is 14.4. The van der Waals surface area contributed by atoms with Crippen molar-refractivity contribution in [1.29, 1.82) is 0 Å². The molecule has 5 nitrogen and oxygen atoms in total. The Morgan fingerprint density at radius 3 is 2.14 bits per heavy atom. The minimum Gasteiger partial charge on any atom is -0.319 e. The fraction of sp³-hybridized carbons (Fsp3) is 0. The molecule has 144 valence electrons. The number of nitrogens with one attached hydrogen (secondary N) is 2. The zero-order valence-corrected chi connectivity index (χ0v) is 16.4. The van der Waals surface area contributed by atoms with Crippen LogP contribution in [0, 0.1) is 5.82 Å². The van der Waals surface area contributed by atoms with Crippen molar-refractivity contribution in [2.45, 2.75) is 4.90 Å². The first-order valence-electron chi connectivity index (χ1n) is 7.91. The molecule has 0 saturated heterocycles. The number of para-hydroxylation sites is 1. The molecule has 0 bridgehead atoms. The molecule has 3 rings (SSSR count). The third kappa shape index (κ3) is 4.44. The third-order valence-corrected chi connectivity index (χ3v) is 5.76. The summed E-state index contributed by atoms with van der Waals surface area (Å²) in [7, 11) is -4.07. The predicted octanol–water partition coefficient (Wildman–Crippen LogP) is 5.19. The normalized spacial score (nSPS) is 11.1. The fourth-order valence-corrected chi connectivity index (χ4v) is 3.90. The van der Waals surface area contributed by atoms with Crippen LogP contribution in [-0.4, -0.2) is 14.3 Å². The van der Waals surface area contributed by atoms with Crippen molar-refractivity contribution >= 4 is 50.5 Å². The lowest BCUT2D eigenvalue weighted by atomic mass is 10.2. The van der Waals surface area contributed by atoms with E-state index in [-0.39, 0.29) is 31.9 Å². The summed E-state index contributed by atoms with van der Waals surface area (Å²) in [6, 6.07) is 15.7. The fourth-order valence-electron chi connectivity index (χ4n) is 2.35. The summed E-state index contributed by atoms with van der Waals surface area (Å²) in [5.74, 6) is -1.53. The van der Waals surface area contributed by atoms with Crippen LogP contribution in [0.15, 0.2) is 71.6 Å². The Kier molecular flexibility index (Phi) is 5.88. The highest BCUT2D eigenvalue weighted by Gasteiger charge is 2.19. The van der Waals surface area contributed by atoms with Gasteiger partial charge in [-0.1, -0.05) is 47.5 Å². The number of amides is 1. The van der Waals surface area contributed by atoms with Crippen LogP contribution in [0.1, 0.15) is 10.4 Å². The minimum atomic E-state index is -4.07. The summed E-state index contributed by atoms with van der Waals surface area (Å²) in [6.45, 7) is 0. The molecule has 0 spiro atoms. The van der Waals surface area contributed by atoms with Crippen LogP contribution in [0.3, 0.4) is 0 Å². The van der Waals surface area contributed by atoms with Gasteiger partial charge in [-0.15, -0.1) is 0 Å². The Hall–Kier alpha value is -2.61. The van der Waals surface area contributed by atoms with Gasteiger partial charge >= 0.3 is 0 Å². The van der Waals surface area contributed by atoms with Crippen molar-refractivity contribution in [3.63, 3.8) is 0 Å². The van der Waals surface area contributed by atoms with E-state index in [0.29, 0.717) is 0 Å². The number of hydrogen-bond acceptors (Lipinski definition) is 3. The lowest BCUT2D eigenvalue weighted by Crippen LogP contribution is -2.16. The number of rotatable bonds is 5. The molecule has 3 aromatic carbocycles. The molecule has 3 aromatic rings. The average Bonchev–Trinajstić information content (AvgIpc) is 2.65. The molecule has 0 radical (unpaired) electrons. The van der Waals surface area contributed by atoms with Crippen LogP contribution in [0.2, 0.25) is 10.0 Å². The zero-order valence-electron chi connectivity index (χ0n) is 14.1. The number of carbonyl (C=O) groups excluding carboxylic acids is 1. The Morgan fingerprint density at radius 2 is 1.50 bits per heavy atom. The van der Waals surface area contributed by atoms with E-state index in [1.54, 1.807) is 24.3 Å². The number of hydrogen-bond donors (Lipinski definition) is 2. The maximum Gasteiger partial charge on any atom is 0.262 e. The molecule has 0 fully saturated rings. The molecule has 0 atom stereocenters. The molecule has 0 unspecified atom stereocenters. The van der Waals surface area contributed by atoms with E-state index >= 15 is 0 Å². The van der Waals surface area contributed by atoms with Crippen molar-refractivity contribution in [2.75, 3.05) is 10.0 Å². The standard InChI is InChI=1S/C19H13Cl2FN2O3S/c20-14-6-2-1-5-13(14)19(25)23-18-10-9-12(11-16(18)22)28(26,27)24-17-8-4-3-7-15(17)21/h1-11,24H,(H,23,25). The molecule has 28 heavy (non-hydrogen) atoms. The maximum absolute atomic E-state index is 14.4. The molecule has 0 aliphatic carbocycles. The second-order valence-corrected chi connectivity index (χ2v) is 8.16. The Bertz CT molecular complexity index is 1150. The van der Waals surface area contributed by atoms with Gasteiger partial charge in [0, 0.05) is 0 Å². The van der Waals surface area contributed by atoms with E-state index in [0.717, 1.165) is 12.1 Å². The first kappa shape index (κ1) is 20.1. The van der Waals surface area contributed by atoms with E-state index in [4.69, 9.17) is 23.2 Å². The molecule has 1 amide bonds. The SMILES string of the molecule is O=C(Nc1ccc(S(=O)(=O)Nc2ccccc2Cl)cc1F)c1ccccc1Cl. The lowest BCUT2D eigenvalue weighted by molar-refractivity contribution is 0.102. The van der Waals surface area contributed by atoms with E-state index in [9.17, 15) is 17.6 Å².